The zero-order chi connectivity index (χ0) is 17.1. The number of ether oxygens (including phenoxy) is 2. The molecule has 4 heterocycles. The van der Waals surface area contributed by atoms with Crippen molar-refractivity contribution in [2.24, 2.45) is 5.92 Å². The monoisotopic (exact) mass is 346 g/mol. The van der Waals surface area contributed by atoms with Crippen molar-refractivity contribution in [3.05, 3.63) is 18.5 Å². The number of carbonyl (C=O) groups excluding carboxylic acids is 1. The zero-order valence-electron chi connectivity index (χ0n) is 14.5. The number of piperidine rings is 1. The van der Waals surface area contributed by atoms with Crippen molar-refractivity contribution in [2.75, 3.05) is 38.2 Å². The second-order valence-corrected chi connectivity index (χ2v) is 7.32. The first kappa shape index (κ1) is 16.7. The van der Waals surface area contributed by atoms with Crippen LogP contribution in [0, 0.1) is 5.92 Å². The summed E-state index contributed by atoms with van der Waals surface area (Å²) < 4.78 is 11.5. The lowest BCUT2D eigenvalue weighted by molar-refractivity contribution is -0.147. The van der Waals surface area contributed by atoms with Gasteiger partial charge in [0.05, 0.1) is 18.1 Å². The molecule has 25 heavy (non-hydrogen) atoms. The Kier molecular flexibility index (Phi) is 4.85. The Morgan fingerprint density at radius 1 is 1.20 bits per heavy atom. The van der Waals surface area contributed by atoms with Gasteiger partial charge in [-0.3, -0.25) is 4.79 Å². The van der Waals surface area contributed by atoms with Crippen LogP contribution >= 0.6 is 0 Å². The number of anilines is 1. The fourth-order valence-corrected chi connectivity index (χ4v) is 4.18. The largest absolute Gasteiger partial charge is 0.381 e. The fourth-order valence-electron chi connectivity index (χ4n) is 4.18. The second kappa shape index (κ2) is 7.25. The van der Waals surface area contributed by atoms with Crippen LogP contribution in [0.4, 0.5) is 5.95 Å². The predicted molar refractivity (Wildman–Crippen MR) is 92.1 cm³/mol. The van der Waals surface area contributed by atoms with Crippen molar-refractivity contribution in [1.82, 2.24) is 14.9 Å². The van der Waals surface area contributed by atoms with E-state index >= 15 is 0 Å². The molecule has 3 aliphatic rings. The Morgan fingerprint density at radius 2 is 2.00 bits per heavy atom. The Bertz CT molecular complexity index is 583. The van der Waals surface area contributed by atoms with Crippen molar-refractivity contribution in [2.45, 2.75) is 43.7 Å². The first-order valence-corrected chi connectivity index (χ1v) is 9.28. The van der Waals surface area contributed by atoms with Crippen LogP contribution < -0.4 is 5.32 Å². The molecule has 1 spiro atoms. The average molecular weight is 346 g/mol. The Balaban J connectivity index is 1.33. The topological polar surface area (TPSA) is 76.6 Å². The third kappa shape index (κ3) is 3.77. The van der Waals surface area contributed by atoms with Gasteiger partial charge in [-0.1, -0.05) is 0 Å². The molecule has 1 N–H and O–H groups in total. The molecule has 3 fully saturated rings. The molecule has 0 bridgehead atoms. The van der Waals surface area contributed by atoms with E-state index in [4.69, 9.17) is 9.47 Å². The second-order valence-electron chi connectivity index (χ2n) is 7.32. The zero-order valence-corrected chi connectivity index (χ0v) is 14.5. The van der Waals surface area contributed by atoms with Gasteiger partial charge in [0.2, 0.25) is 11.9 Å². The number of carbonyl (C=O) groups is 1. The summed E-state index contributed by atoms with van der Waals surface area (Å²) in [6.07, 6.45) is 8.07. The third-order valence-corrected chi connectivity index (χ3v) is 5.66. The minimum atomic E-state index is -0.117. The van der Waals surface area contributed by atoms with E-state index in [0.29, 0.717) is 25.2 Å². The lowest BCUT2D eigenvalue weighted by Gasteiger charge is -2.46. The van der Waals surface area contributed by atoms with E-state index in [9.17, 15) is 4.79 Å². The smallest absolute Gasteiger partial charge is 0.228 e. The summed E-state index contributed by atoms with van der Waals surface area (Å²) in [5, 5.41) is 3.43. The van der Waals surface area contributed by atoms with Crippen molar-refractivity contribution in [1.29, 1.82) is 0 Å². The van der Waals surface area contributed by atoms with Crippen LogP contribution in [0.15, 0.2) is 18.5 Å². The number of hydrogen-bond donors (Lipinski definition) is 1. The quantitative estimate of drug-likeness (QED) is 0.893. The van der Waals surface area contributed by atoms with Crippen LogP contribution in [0.1, 0.15) is 32.1 Å². The molecule has 4 rings (SSSR count). The van der Waals surface area contributed by atoms with E-state index in [1.807, 2.05) is 11.0 Å². The molecule has 0 radical (unpaired) electrons. The molecule has 0 unspecified atom stereocenters. The van der Waals surface area contributed by atoms with Gasteiger partial charge in [-0.2, -0.15) is 0 Å². The minimum Gasteiger partial charge on any atom is -0.381 e. The van der Waals surface area contributed by atoms with Crippen LogP contribution in [0.3, 0.4) is 0 Å². The van der Waals surface area contributed by atoms with E-state index in [1.54, 1.807) is 12.4 Å². The van der Waals surface area contributed by atoms with Gasteiger partial charge in [0.25, 0.3) is 0 Å². The highest BCUT2D eigenvalue weighted by atomic mass is 16.5. The Labute approximate surface area is 148 Å². The molecule has 1 aromatic rings. The van der Waals surface area contributed by atoms with E-state index in [1.165, 1.54) is 0 Å². The highest BCUT2D eigenvalue weighted by Gasteiger charge is 2.42. The molecule has 2 atom stereocenters. The minimum absolute atomic E-state index is 0.0611. The first-order chi connectivity index (χ1) is 12.2. The highest BCUT2D eigenvalue weighted by Crippen LogP contribution is 2.36. The molecule has 0 aromatic carbocycles. The number of nitrogens with one attached hydrogen (secondary N) is 1. The number of likely N-dealkylation sites (tertiary alicyclic amines) is 1. The number of rotatable bonds is 3. The van der Waals surface area contributed by atoms with E-state index in [-0.39, 0.29) is 17.4 Å². The van der Waals surface area contributed by atoms with Gasteiger partial charge in [-0.15, -0.1) is 0 Å². The van der Waals surface area contributed by atoms with E-state index in [2.05, 4.69) is 15.3 Å². The number of nitrogens with zero attached hydrogens (tertiary/aromatic N) is 3. The summed E-state index contributed by atoms with van der Waals surface area (Å²) in [5.74, 6) is 1.000. The van der Waals surface area contributed by atoms with Crippen molar-refractivity contribution in [3.8, 4) is 0 Å². The van der Waals surface area contributed by atoms with Crippen molar-refractivity contribution >= 4 is 11.9 Å². The molecule has 7 heteroatoms. The van der Waals surface area contributed by atoms with E-state index < -0.39 is 0 Å². The average Bonchev–Trinajstić information content (AvgIpc) is 3.18. The van der Waals surface area contributed by atoms with Gasteiger partial charge >= 0.3 is 0 Å². The molecule has 7 nitrogen and oxygen atoms in total. The van der Waals surface area contributed by atoms with Crippen LogP contribution in [-0.4, -0.2) is 65.3 Å². The van der Waals surface area contributed by atoms with Gasteiger partial charge in [0.1, 0.15) is 0 Å². The van der Waals surface area contributed by atoms with Crippen LogP contribution in [-0.2, 0) is 14.3 Å². The van der Waals surface area contributed by atoms with Gasteiger partial charge in [-0.25, -0.2) is 9.97 Å². The third-order valence-electron chi connectivity index (χ3n) is 5.66. The number of hydrogen-bond acceptors (Lipinski definition) is 6. The molecule has 1 amide bonds. The molecular weight excluding hydrogens is 320 g/mol. The lowest BCUT2D eigenvalue weighted by Crippen LogP contribution is -2.53. The predicted octanol–water partition coefficient (Wildman–Crippen LogP) is 1.47. The SMILES string of the molecule is O=C([C@H]1CCOC1)N1CCC2(CC1)C[C@@H](Nc1ncccn1)CCO2. The highest BCUT2D eigenvalue weighted by molar-refractivity contribution is 5.79. The summed E-state index contributed by atoms with van der Waals surface area (Å²) in [4.78, 5) is 23.1. The number of amides is 1. The maximum atomic E-state index is 12.6. The summed E-state index contributed by atoms with van der Waals surface area (Å²) >= 11 is 0. The maximum Gasteiger partial charge on any atom is 0.228 e. The molecule has 0 aliphatic carbocycles. The molecular formula is C18H26N4O3. The standard InChI is InChI=1S/C18H26N4O3/c23-16(14-2-10-24-13-14)22-8-4-18(5-9-22)12-15(3-11-25-18)21-17-19-6-1-7-20-17/h1,6-7,14-15H,2-5,8-13H2,(H,19,20,21)/t14-,15-/m0/s1. The van der Waals surface area contributed by atoms with Crippen molar-refractivity contribution < 1.29 is 14.3 Å². The Morgan fingerprint density at radius 3 is 2.72 bits per heavy atom. The van der Waals surface area contributed by atoms with Gasteiger partial charge in [0, 0.05) is 44.7 Å². The van der Waals surface area contributed by atoms with Crippen molar-refractivity contribution in [3.63, 3.8) is 0 Å². The summed E-state index contributed by atoms with van der Waals surface area (Å²) in [5.41, 5.74) is -0.117. The maximum absolute atomic E-state index is 12.6. The molecule has 1 aromatic heterocycles. The summed E-state index contributed by atoms with van der Waals surface area (Å²) in [6.45, 7) is 3.61. The van der Waals surface area contributed by atoms with Gasteiger partial charge < -0.3 is 19.7 Å². The summed E-state index contributed by atoms with van der Waals surface area (Å²) in [7, 11) is 0. The van der Waals surface area contributed by atoms with Crippen LogP contribution in [0.2, 0.25) is 0 Å². The van der Waals surface area contributed by atoms with Gasteiger partial charge in [-0.05, 0) is 38.2 Å². The molecule has 0 saturated carbocycles. The lowest BCUT2D eigenvalue weighted by atomic mass is 9.82. The van der Waals surface area contributed by atoms with Crippen LogP contribution in [0.5, 0.6) is 0 Å². The Hall–Kier alpha value is -1.73. The normalized spacial score (nSPS) is 28.9. The van der Waals surface area contributed by atoms with Crippen LogP contribution in [0.25, 0.3) is 0 Å². The molecule has 3 saturated heterocycles. The summed E-state index contributed by atoms with van der Waals surface area (Å²) in [6, 6.07) is 2.14. The fraction of sp³-hybridized carbons (Fsp3) is 0.722. The molecule has 136 valence electrons. The van der Waals surface area contributed by atoms with E-state index in [0.717, 1.165) is 51.8 Å². The van der Waals surface area contributed by atoms with Gasteiger partial charge in [0.15, 0.2) is 0 Å². The first-order valence-electron chi connectivity index (χ1n) is 9.28. The number of aromatic nitrogens is 2. The molecule has 3 aliphatic heterocycles.